The number of aromatic hydroxyl groups is 1. The van der Waals surface area contributed by atoms with E-state index in [1.165, 1.54) is 0 Å². The van der Waals surface area contributed by atoms with E-state index >= 15 is 0 Å². The molecule has 4 heteroatoms. The van der Waals surface area contributed by atoms with E-state index in [9.17, 15) is 5.11 Å². The maximum Gasteiger partial charge on any atom is 0.219 e. The molecule has 0 unspecified atom stereocenters. The van der Waals surface area contributed by atoms with Crippen molar-refractivity contribution in [2.24, 2.45) is 0 Å². The van der Waals surface area contributed by atoms with Crippen molar-refractivity contribution in [2.45, 2.75) is 17.6 Å². The molecule has 13 heavy (non-hydrogen) atoms. The summed E-state index contributed by atoms with van der Waals surface area (Å²) in [6.07, 6.45) is 0. The lowest BCUT2D eigenvalue weighted by molar-refractivity contribution is 0.464. The van der Waals surface area contributed by atoms with Gasteiger partial charge >= 0.3 is 0 Å². The van der Waals surface area contributed by atoms with Gasteiger partial charge in [0.2, 0.25) is 3.79 Å². The Morgan fingerprint density at radius 3 is 2.15 bits per heavy atom. The summed E-state index contributed by atoms with van der Waals surface area (Å²) in [4.78, 5) is 0. The second kappa shape index (κ2) is 3.56. The highest BCUT2D eigenvalue weighted by Crippen LogP contribution is 2.44. The number of phenolic OH excluding ortho intramolecular Hbond substituents is 1. The normalized spacial score (nSPS) is 11.8. The number of hydrogen-bond donors (Lipinski definition) is 1. The molecular formula is C9H9Cl3O. The van der Waals surface area contributed by atoms with E-state index in [4.69, 9.17) is 34.8 Å². The van der Waals surface area contributed by atoms with Crippen LogP contribution in [0.5, 0.6) is 5.75 Å². The summed E-state index contributed by atoms with van der Waals surface area (Å²) < 4.78 is -1.57. The Labute approximate surface area is 92.2 Å². The summed E-state index contributed by atoms with van der Waals surface area (Å²) in [7, 11) is 0. The molecule has 0 radical (unpaired) electrons. The molecule has 0 saturated heterocycles. The SMILES string of the molecule is Cc1ccc(C(Cl)(Cl)Cl)c(O)c1C. The quantitative estimate of drug-likeness (QED) is 0.682. The Kier molecular flexibility index (Phi) is 3.01. The average molecular weight is 240 g/mol. The first-order valence-corrected chi connectivity index (χ1v) is 4.84. The molecule has 0 aromatic heterocycles. The van der Waals surface area contributed by atoms with Crippen molar-refractivity contribution in [1.82, 2.24) is 0 Å². The van der Waals surface area contributed by atoms with Crippen LogP contribution < -0.4 is 0 Å². The number of aryl methyl sites for hydroxylation is 1. The third-order valence-electron chi connectivity index (χ3n) is 2.01. The van der Waals surface area contributed by atoms with Gasteiger partial charge in [0.25, 0.3) is 0 Å². The van der Waals surface area contributed by atoms with Crippen molar-refractivity contribution in [3.05, 3.63) is 28.8 Å². The first-order chi connectivity index (χ1) is 5.84. The molecule has 1 N–H and O–H groups in total. The fraction of sp³-hybridized carbons (Fsp3) is 0.333. The fourth-order valence-electron chi connectivity index (χ4n) is 1.03. The molecule has 0 aliphatic carbocycles. The van der Waals surface area contributed by atoms with Crippen molar-refractivity contribution in [3.63, 3.8) is 0 Å². The van der Waals surface area contributed by atoms with Crippen LogP contribution in [-0.2, 0) is 3.79 Å². The molecule has 0 saturated carbocycles. The van der Waals surface area contributed by atoms with E-state index in [2.05, 4.69) is 0 Å². The van der Waals surface area contributed by atoms with Crippen LogP contribution >= 0.6 is 34.8 Å². The Morgan fingerprint density at radius 2 is 1.69 bits per heavy atom. The lowest BCUT2D eigenvalue weighted by Gasteiger charge is -2.15. The summed E-state index contributed by atoms with van der Waals surface area (Å²) in [5.41, 5.74) is 2.03. The molecular weight excluding hydrogens is 230 g/mol. The van der Waals surface area contributed by atoms with Crippen LogP contribution in [0.3, 0.4) is 0 Å². The first-order valence-electron chi connectivity index (χ1n) is 3.70. The number of phenols is 1. The molecule has 0 aliphatic heterocycles. The molecule has 72 valence electrons. The third kappa shape index (κ3) is 2.22. The van der Waals surface area contributed by atoms with Gasteiger partial charge in [0.15, 0.2) is 0 Å². The molecule has 0 atom stereocenters. The van der Waals surface area contributed by atoms with E-state index in [1.807, 2.05) is 13.0 Å². The number of benzene rings is 1. The standard InChI is InChI=1S/C9H9Cl3O/c1-5-3-4-7(9(10,11)12)8(13)6(5)2/h3-4,13H,1-2H3. The third-order valence-corrected chi connectivity index (χ3v) is 2.62. The first kappa shape index (κ1) is 11.0. The predicted octanol–water partition coefficient (Wildman–Crippen LogP) is 3.84. The van der Waals surface area contributed by atoms with Crippen LogP contribution in [0, 0.1) is 13.8 Å². The Bertz CT molecular complexity index is 328. The lowest BCUT2D eigenvalue weighted by Crippen LogP contribution is -2.01. The van der Waals surface area contributed by atoms with Crippen LogP contribution in [0.25, 0.3) is 0 Å². The molecule has 0 amide bonds. The maximum atomic E-state index is 9.66. The molecule has 0 spiro atoms. The average Bonchev–Trinajstić information content (AvgIpc) is 1.98. The van der Waals surface area contributed by atoms with Gasteiger partial charge in [-0.1, -0.05) is 46.9 Å². The number of halogens is 3. The second-order valence-electron chi connectivity index (χ2n) is 2.90. The smallest absolute Gasteiger partial charge is 0.219 e. The van der Waals surface area contributed by atoms with Gasteiger partial charge in [0.1, 0.15) is 5.75 Å². The van der Waals surface area contributed by atoms with E-state index in [0.29, 0.717) is 5.56 Å². The zero-order valence-corrected chi connectivity index (χ0v) is 9.50. The molecule has 0 heterocycles. The largest absolute Gasteiger partial charge is 0.507 e. The summed E-state index contributed by atoms with van der Waals surface area (Å²) in [5.74, 6) is 0.0556. The van der Waals surface area contributed by atoms with Gasteiger partial charge in [-0.25, -0.2) is 0 Å². The van der Waals surface area contributed by atoms with Crippen molar-refractivity contribution < 1.29 is 5.11 Å². The summed E-state index contributed by atoms with van der Waals surface area (Å²) in [6.45, 7) is 3.67. The van der Waals surface area contributed by atoms with Crippen LogP contribution in [0.15, 0.2) is 12.1 Å². The predicted molar refractivity (Wildman–Crippen MR) is 56.8 cm³/mol. The highest BCUT2D eigenvalue weighted by Gasteiger charge is 2.27. The molecule has 1 rings (SSSR count). The maximum absolute atomic E-state index is 9.66. The highest BCUT2D eigenvalue weighted by atomic mass is 35.6. The monoisotopic (exact) mass is 238 g/mol. The van der Waals surface area contributed by atoms with Gasteiger partial charge in [0.05, 0.1) is 0 Å². The molecule has 0 bridgehead atoms. The minimum absolute atomic E-state index is 0.0556. The van der Waals surface area contributed by atoms with Gasteiger partial charge in [-0.3, -0.25) is 0 Å². The van der Waals surface area contributed by atoms with E-state index in [1.54, 1.807) is 13.0 Å². The van der Waals surface area contributed by atoms with Crippen LogP contribution in [-0.4, -0.2) is 5.11 Å². The van der Waals surface area contributed by atoms with Crippen LogP contribution in [0.1, 0.15) is 16.7 Å². The summed E-state index contributed by atoms with van der Waals surface area (Å²) in [6, 6.07) is 3.43. The van der Waals surface area contributed by atoms with Gasteiger partial charge in [0, 0.05) is 5.56 Å². The van der Waals surface area contributed by atoms with Crippen LogP contribution in [0.4, 0.5) is 0 Å². The number of rotatable bonds is 0. The lowest BCUT2D eigenvalue weighted by atomic mass is 10.1. The zero-order chi connectivity index (χ0) is 10.2. The fourth-order valence-corrected chi connectivity index (χ4v) is 1.49. The molecule has 1 aromatic carbocycles. The molecule has 0 aliphatic rings. The van der Waals surface area contributed by atoms with Gasteiger partial charge in [-0.15, -0.1) is 0 Å². The van der Waals surface area contributed by atoms with E-state index < -0.39 is 3.79 Å². The Balaban J connectivity index is 3.35. The van der Waals surface area contributed by atoms with Gasteiger partial charge < -0.3 is 5.11 Å². The van der Waals surface area contributed by atoms with E-state index in [0.717, 1.165) is 11.1 Å². The zero-order valence-electron chi connectivity index (χ0n) is 7.24. The highest BCUT2D eigenvalue weighted by molar-refractivity contribution is 6.66. The van der Waals surface area contributed by atoms with Gasteiger partial charge in [-0.05, 0) is 25.0 Å². The topological polar surface area (TPSA) is 20.2 Å². The summed E-state index contributed by atoms with van der Waals surface area (Å²) >= 11 is 17.0. The van der Waals surface area contributed by atoms with Crippen molar-refractivity contribution in [3.8, 4) is 5.75 Å². The molecule has 1 aromatic rings. The number of hydrogen-bond acceptors (Lipinski definition) is 1. The Morgan fingerprint density at radius 1 is 1.15 bits per heavy atom. The second-order valence-corrected chi connectivity index (χ2v) is 5.18. The Hall–Kier alpha value is -0.110. The molecule has 1 nitrogen and oxygen atoms in total. The molecule has 0 fully saturated rings. The number of alkyl halides is 3. The minimum atomic E-state index is -1.57. The van der Waals surface area contributed by atoms with Crippen molar-refractivity contribution in [2.75, 3.05) is 0 Å². The van der Waals surface area contributed by atoms with Crippen LogP contribution in [0.2, 0.25) is 0 Å². The summed E-state index contributed by atoms with van der Waals surface area (Å²) in [5, 5.41) is 9.66. The van der Waals surface area contributed by atoms with E-state index in [-0.39, 0.29) is 5.75 Å². The minimum Gasteiger partial charge on any atom is -0.507 e. The van der Waals surface area contributed by atoms with Crippen molar-refractivity contribution >= 4 is 34.8 Å². The van der Waals surface area contributed by atoms with Crippen molar-refractivity contribution in [1.29, 1.82) is 0 Å². The van der Waals surface area contributed by atoms with Gasteiger partial charge in [-0.2, -0.15) is 0 Å².